The summed E-state index contributed by atoms with van der Waals surface area (Å²) in [6.45, 7) is 7.44. The van der Waals surface area contributed by atoms with Crippen LogP contribution in [0.25, 0.3) is 0 Å². The molecule has 0 radical (unpaired) electrons. The van der Waals surface area contributed by atoms with Crippen LogP contribution in [0.15, 0.2) is 30.9 Å². The van der Waals surface area contributed by atoms with Gasteiger partial charge in [-0.3, -0.25) is 4.79 Å². The fraction of sp³-hybridized carbons (Fsp3) is 0.357. The van der Waals surface area contributed by atoms with E-state index in [-0.39, 0.29) is 18.2 Å². The highest BCUT2D eigenvalue weighted by Crippen LogP contribution is 2.33. The van der Waals surface area contributed by atoms with Gasteiger partial charge in [0.05, 0.1) is 17.9 Å². The van der Waals surface area contributed by atoms with Crippen molar-refractivity contribution in [2.24, 2.45) is 0 Å². The predicted octanol–water partition coefficient (Wildman–Crippen LogP) is 1.91. The quantitative estimate of drug-likeness (QED) is 0.842. The predicted molar refractivity (Wildman–Crippen MR) is 80.4 cm³/mol. The Hall–Kier alpha value is -1.82. The summed E-state index contributed by atoms with van der Waals surface area (Å²) in [6.07, 6.45) is 1.40. The first-order valence-corrected chi connectivity index (χ1v) is 8.02. The summed E-state index contributed by atoms with van der Waals surface area (Å²) in [7, 11) is -3.66. The molecular formula is C14H18N2O3S. The van der Waals surface area contributed by atoms with Crippen molar-refractivity contribution >= 4 is 27.3 Å². The molecule has 1 N–H and O–H groups in total. The second-order valence-corrected chi connectivity index (χ2v) is 6.91. The number of nitrogens with zero attached hydrogens (tertiary/aromatic N) is 1. The number of benzene rings is 1. The molecule has 1 amide bonds. The van der Waals surface area contributed by atoms with Gasteiger partial charge in [0.2, 0.25) is 15.9 Å². The second-order valence-electron chi connectivity index (χ2n) is 5.04. The molecule has 108 valence electrons. The molecule has 5 nitrogen and oxygen atoms in total. The van der Waals surface area contributed by atoms with Crippen molar-refractivity contribution in [2.45, 2.75) is 26.3 Å². The molecule has 0 aliphatic carbocycles. The Kier molecular flexibility index (Phi) is 3.85. The highest BCUT2D eigenvalue weighted by Gasteiger charge is 2.35. The third-order valence-corrected chi connectivity index (χ3v) is 4.54. The summed E-state index contributed by atoms with van der Waals surface area (Å²) in [4.78, 5) is 12.0. The van der Waals surface area contributed by atoms with E-state index in [2.05, 4.69) is 11.9 Å². The minimum absolute atomic E-state index is 0.110. The molecule has 1 heterocycles. The normalized spacial score (nSPS) is 14.6. The Morgan fingerprint density at radius 1 is 1.45 bits per heavy atom. The first-order valence-electron chi connectivity index (χ1n) is 6.41. The number of hydrogen-bond donors (Lipinski definition) is 1. The molecule has 2 rings (SSSR count). The molecule has 0 saturated carbocycles. The summed E-state index contributed by atoms with van der Waals surface area (Å²) in [5, 5.41) is 3.23. The van der Waals surface area contributed by atoms with Gasteiger partial charge in [0.1, 0.15) is 0 Å². The van der Waals surface area contributed by atoms with Crippen molar-refractivity contribution in [1.82, 2.24) is 0 Å². The van der Waals surface area contributed by atoms with Crippen molar-refractivity contribution in [1.29, 1.82) is 0 Å². The zero-order valence-electron chi connectivity index (χ0n) is 11.6. The standard InChI is InChI=1S/C14H18N2O3S/c1-4-7-20(18,19)16-13-6-5-12(15-10(2)3)8-11(13)9-14(16)17/h4-6,8,10,15H,1,7,9H2,2-3H3. The lowest BCUT2D eigenvalue weighted by molar-refractivity contribution is -0.116. The molecule has 0 atom stereocenters. The molecule has 0 bridgehead atoms. The van der Waals surface area contributed by atoms with Crippen molar-refractivity contribution in [3.63, 3.8) is 0 Å². The monoisotopic (exact) mass is 294 g/mol. The van der Waals surface area contributed by atoms with Crippen LogP contribution >= 0.6 is 0 Å². The van der Waals surface area contributed by atoms with E-state index in [4.69, 9.17) is 0 Å². The number of carbonyl (C=O) groups excluding carboxylic acids is 1. The van der Waals surface area contributed by atoms with E-state index in [0.717, 1.165) is 15.6 Å². The largest absolute Gasteiger partial charge is 0.383 e. The maximum Gasteiger partial charge on any atom is 0.245 e. The van der Waals surface area contributed by atoms with Gasteiger partial charge in [-0.2, -0.15) is 0 Å². The van der Waals surface area contributed by atoms with Gasteiger partial charge in [0.25, 0.3) is 0 Å². The minimum atomic E-state index is -3.66. The zero-order chi connectivity index (χ0) is 14.9. The number of anilines is 2. The fourth-order valence-corrected chi connectivity index (χ4v) is 3.55. The van der Waals surface area contributed by atoms with E-state index in [1.807, 2.05) is 19.9 Å². The number of sulfonamides is 1. The Labute approximate surface area is 119 Å². The SMILES string of the molecule is C=CCS(=O)(=O)N1C(=O)Cc2cc(NC(C)C)ccc21. The van der Waals surface area contributed by atoms with Crippen molar-refractivity contribution < 1.29 is 13.2 Å². The van der Waals surface area contributed by atoms with E-state index in [9.17, 15) is 13.2 Å². The lowest BCUT2D eigenvalue weighted by atomic mass is 10.1. The topological polar surface area (TPSA) is 66.5 Å². The van der Waals surface area contributed by atoms with Gasteiger partial charge in [-0.15, -0.1) is 6.58 Å². The van der Waals surface area contributed by atoms with E-state index in [0.29, 0.717) is 5.69 Å². The summed E-state index contributed by atoms with van der Waals surface area (Å²) in [5.41, 5.74) is 2.06. The first-order chi connectivity index (χ1) is 9.35. The van der Waals surface area contributed by atoms with Crippen LogP contribution in [0.1, 0.15) is 19.4 Å². The van der Waals surface area contributed by atoms with Crippen LogP contribution in [-0.2, 0) is 21.2 Å². The van der Waals surface area contributed by atoms with Gasteiger partial charge in [0, 0.05) is 11.7 Å². The van der Waals surface area contributed by atoms with Gasteiger partial charge in [-0.25, -0.2) is 12.7 Å². The van der Waals surface area contributed by atoms with Crippen LogP contribution in [0, 0.1) is 0 Å². The molecule has 0 fully saturated rings. The Bertz CT molecular complexity index is 650. The molecule has 0 saturated heterocycles. The van der Waals surface area contributed by atoms with Crippen LogP contribution < -0.4 is 9.62 Å². The summed E-state index contributed by atoms with van der Waals surface area (Å²) < 4.78 is 25.1. The maximum absolute atomic E-state index is 12.1. The number of amides is 1. The molecule has 1 aliphatic heterocycles. The van der Waals surface area contributed by atoms with Crippen LogP contribution in [0.4, 0.5) is 11.4 Å². The Morgan fingerprint density at radius 3 is 2.75 bits per heavy atom. The first kappa shape index (κ1) is 14.6. The molecule has 1 aromatic carbocycles. The van der Waals surface area contributed by atoms with E-state index in [1.165, 1.54) is 6.08 Å². The van der Waals surface area contributed by atoms with Crippen molar-refractivity contribution in [2.75, 3.05) is 15.4 Å². The highest BCUT2D eigenvalue weighted by molar-refractivity contribution is 7.93. The van der Waals surface area contributed by atoms with E-state index in [1.54, 1.807) is 12.1 Å². The van der Waals surface area contributed by atoms with Crippen LogP contribution in [0.2, 0.25) is 0 Å². The summed E-state index contributed by atoms with van der Waals surface area (Å²) >= 11 is 0. The number of nitrogens with one attached hydrogen (secondary N) is 1. The van der Waals surface area contributed by atoms with Crippen LogP contribution in [0.3, 0.4) is 0 Å². The molecule has 1 aliphatic rings. The number of rotatable bonds is 5. The number of fused-ring (bicyclic) bond motifs is 1. The molecule has 6 heteroatoms. The van der Waals surface area contributed by atoms with Gasteiger partial charge in [-0.1, -0.05) is 6.08 Å². The lowest BCUT2D eigenvalue weighted by Gasteiger charge is -2.17. The fourth-order valence-electron chi connectivity index (χ4n) is 2.25. The molecule has 0 aromatic heterocycles. The van der Waals surface area contributed by atoms with E-state index >= 15 is 0 Å². The third-order valence-electron chi connectivity index (χ3n) is 2.93. The Morgan fingerprint density at radius 2 is 2.15 bits per heavy atom. The van der Waals surface area contributed by atoms with Crippen molar-refractivity contribution in [3.8, 4) is 0 Å². The van der Waals surface area contributed by atoms with Gasteiger partial charge >= 0.3 is 0 Å². The van der Waals surface area contributed by atoms with E-state index < -0.39 is 15.9 Å². The molecule has 0 spiro atoms. The Balaban J connectivity index is 2.40. The third kappa shape index (κ3) is 2.70. The molecule has 20 heavy (non-hydrogen) atoms. The number of carbonyl (C=O) groups is 1. The van der Waals surface area contributed by atoms with Gasteiger partial charge in [0.15, 0.2) is 0 Å². The minimum Gasteiger partial charge on any atom is -0.383 e. The van der Waals surface area contributed by atoms with Crippen LogP contribution in [0.5, 0.6) is 0 Å². The average Bonchev–Trinajstić information content (AvgIpc) is 2.63. The lowest BCUT2D eigenvalue weighted by Crippen LogP contribution is -2.35. The van der Waals surface area contributed by atoms with Crippen LogP contribution in [-0.4, -0.2) is 26.1 Å². The second kappa shape index (κ2) is 5.28. The van der Waals surface area contributed by atoms with Gasteiger partial charge in [-0.05, 0) is 37.6 Å². The molecule has 1 aromatic rings. The highest BCUT2D eigenvalue weighted by atomic mass is 32.2. The molecule has 0 unspecified atom stereocenters. The molecular weight excluding hydrogens is 276 g/mol. The zero-order valence-corrected chi connectivity index (χ0v) is 12.4. The summed E-state index contributed by atoms with van der Waals surface area (Å²) in [5.74, 6) is -0.659. The maximum atomic E-state index is 12.1. The van der Waals surface area contributed by atoms with Gasteiger partial charge < -0.3 is 5.32 Å². The average molecular weight is 294 g/mol. The number of hydrogen-bond acceptors (Lipinski definition) is 4. The smallest absolute Gasteiger partial charge is 0.245 e. The van der Waals surface area contributed by atoms with Crippen molar-refractivity contribution in [3.05, 3.63) is 36.4 Å². The summed E-state index contributed by atoms with van der Waals surface area (Å²) in [6, 6.07) is 5.56.